The zero-order valence-electron chi connectivity index (χ0n) is 12.8. The van der Waals surface area contributed by atoms with Crippen molar-refractivity contribution < 1.29 is 14.1 Å². The summed E-state index contributed by atoms with van der Waals surface area (Å²) in [5.41, 5.74) is 0. The Kier molecular flexibility index (Phi) is 4.95. The van der Waals surface area contributed by atoms with Gasteiger partial charge in [0.15, 0.2) is 5.82 Å². The van der Waals surface area contributed by atoms with E-state index in [1.54, 1.807) is 17.9 Å². The molecular formula is C14H22N4O3. The molecule has 1 aliphatic rings. The predicted molar refractivity (Wildman–Crippen MR) is 77.7 cm³/mol. The van der Waals surface area contributed by atoms with E-state index in [1.165, 1.54) is 0 Å². The van der Waals surface area contributed by atoms with Crippen LogP contribution in [0.15, 0.2) is 10.6 Å². The minimum atomic E-state index is -0.311. The number of rotatable bonds is 6. The Bertz CT molecular complexity index is 512. The molecule has 1 aromatic heterocycles. The average molecular weight is 294 g/mol. The Morgan fingerprint density at radius 1 is 1.57 bits per heavy atom. The van der Waals surface area contributed by atoms with E-state index in [4.69, 9.17) is 4.52 Å². The number of amides is 2. The summed E-state index contributed by atoms with van der Waals surface area (Å²) in [6.07, 6.45) is 1.18. The summed E-state index contributed by atoms with van der Waals surface area (Å²) in [7, 11) is 4.00. The normalized spacial score (nSPS) is 18.6. The van der Waals surface area contributed by atoms with Crippen molar-refractivity contribution in [3.63, 3.8) is 0 Å². The molecule has 0 radical (unpaired) electrons. The third kappa shape index (κ3) is 4.29. The summed E-state index contributed by atoms with van der Waals surface area (Å²) in [4.78, 5) is 27.9. The van der Waals surface area contributed by atoms with Crippen LogP contribution in [0.5, 0.6) is 0 Å². The van der Waals surface area contributed by atoms with Crippen LogP contribution in [0.2, 0.25) is 0 Å². The standard InChI is InChI=1S/C14H22N4O3/c1-10-7-12(16-21-10)15-14(20)11-8-13(19)18(9-11)6-4-5-17(2)3/h7,11H,4-6,8-9H2,1-3H3,(H,15,16,20). The molecule has 7 heteroatoms. The summed E-state index contributed by atoms with van der Waals surface area (Å²) in [5.74, 6) is 0.597. The number of likely N-dealkylation sites (tertiary alicyclic amines) is 1. The van der Waals surface area contributed by atoms with Crippen LogP contribution in [-0.2, 0) is 9.59 Å². The molecular weight excluding hydrogens is 272 g/mol. The van der Waals surface area contributed by atoms with Crippen LogP contribution < -0.4 is 5.32 Å². The second-order valence-corrected chi connectivity index (χ2v) is 5.71. The number of carbonyl (C=O) groups excluding carboxylic acids is 2. The van der Waals surface area contributed by atoms with Gasteiger partial charge in [-0.1, -0.05) is 5.16 Å². The van der Waals surface area contributed by atoms with Gasteiger partial charge in [0.05, 0.1) is 5.92 Å². The van der Waals surface area contributed by atoms with Crippen molar-refractivity contribution in [3.8, 4) is 0 Å². The monoisotopic (exact) mass is 294 g/mol. The Morgan fingerprint density at radius 3 is 2.95 bits per heavy atom. The molecule has 1 atom stereocenters. The molecule has 1 unspecified atom stereocenters. The van der Waals surface area contributed by atoms with E-state index in [1.807, 2.05) is 14.1 Å². The highest BCUT2D eigenvalue weighted by molar-refractivity contribution is 5.96. The Balaban J connectivity index is 1.82. The molecule has 1 aliphatic heterocycles. The van der Waals surface area contributed by atoms with Crippen LogP contribution in [0.4, 0.5) is 5.82 Å². The zero-order valence-corrected chi connectivity index (χ0v) is 12.8. The molecule has 0 saturated carbocycles. The lowest BCUT2D eigenvalue weighted by molar-refractivity contribution is -0.128. The minimum absolute atomic E-state index is 0.0465. The second kappa shape index (κ2) is 6.71. The number of aryl methyl sites for hydroxylation is 1. The number of nitrogens with zero attached hydrogens (tertiary/aromatic N) is 3. The number of aromatic nitrogens is 1. The summed E-state index contributed by atoms with van der Waals surface area (Å²) in [5, 5.41) is 6.41. The summed E-state index contributed by atoms with van der Waals surface area (Å²) in [6.45, 7) is 3.87. The maximum absolute atomic E-state index is 12.1. The molecule has 0 spiro atoms. The molecule has 2 amide bonds. The molecule has 0 aliphatic carbocycles. The van der Waals surface area contributed by atoms with Crippen molar-refractivity contribution in [2.45, 2.75) is 19.8 Å². The first-order valence-electron chi connectivity index (χ1n) is 7.12. The number of hydrogen-bond acceptors (Lipinski definition) is 5. The van der Waals surface area contributed by atoms with Gasteiger partial charge in [0, 0.05) is 25.6 Å². The number of hydrogen-bond donors (Lipinski definition) is 1. The number of nitrogens with one attached hydrogen (secondary N) is 1. The molecule has 1 N–H and O–H groups in total. The molecule has 21 heavy (non-hydrogen) atoms. The van der Waals surface area contributed by atoms with Gasteiger partial charge in [-0.05, 0) is 34.0 Å². The first-order chi connectivity index (χ1) is 9.95. The third-order valence-electron chi connectivity index (χ3n) is 3.50. The maximum atomic E-state index is 12.1. The number of anilines is 1. The summed E-state index contributed by atoms with van der Waals surface area (Å²) in [6, 6.07) is 1.66. The molecule has 116 valence electrons. The highest BCUT2D eigenvalue weighted by Gasteiger charge is 2.34. The van der Waals surface area contributed by atoms with Gasteiger partial charge in [-0.3, -0.25) is 9.59 Å². The van der Waals surface area contributed by atoms with E-state index >= 15 is 0 Å². The molecule has 7 nitrogen and oxygen atoms in total. The SMILES string of the molecule is Cc1cc(NC(=O)C2CC(=O)N(CCCN(C)C)C2)no1. The summed E-state index contributed by atoms with van der Waals surface area (Å²) < 4.78 is 4.90. The fourth-order valence-electron chi connectivity index (χ4n) is 2.40. The second-order valence-electron chi connectivity index (χ2n) is 5.71. The predicted octanol–water partition coefficient (Wildman–Crippen LogP) is 0.722. The topological polar surface area (TPSA) is 78.7 Å². The van der Waals surface area contributed by atoms with Crippen LogP contribution >= 0.6 is 0 Å². The molecule has 2 rings (SSSR count). The molecule has 0 bridgehead atoms. The van der Waals surface area contributed by atoms with E-state index in [2.05, 4.69) is 15.4 Å². The first kappa shape index (κ1) is 15.5. The minimum Gasteiger partial charge on any atom is -0.360 e. The van der Waals surface area contributed by atoms with Crippen LogP contribution in [0.25, 0.3) is 0 Å². The van der Waals surface area contributed by atoms with Crippen molar-refractivity contribution in [2.24, 2.45) is 5.92 Å². The van der Waals surface area contributed by atoms with E-state index in [0.717, 1.165) is 13.0 Å². The number of carbonyl (C=O) groups is 2. The fraction of sp³-hybridized carbons (Fsp3) is 0.643. The van der Waals surface area contributed by atoms with Gasteiger partial charge in [-0.25, -0.2) is 0 Å². The lowest BCUT2D eigenvalue weighted by Crippen LogP contribution is -2.30. The van der Waals surface area contributed by atoms with Gasteiger partial charge in [0.25, 0.3) is 0 Å². The molecule has 2 heterocycles. The zero-order chi connectivity index (χ0) is 15.4. The van der Waals surface area contributed by atoms with Crippen LogP contribution in [0.3, 0.4) is 0 Å². The van der Waals surface area contributed by atoms with Crippen molar-refractivity contribution >= 4 is 17.6 Å². The van der Waals surface area contributed by atoms with Crippen molar-refractivity contribution in [3.05, 3.63) is 11.8 Å². The third-order valence-corrected chi connectivity index (χ3v) is 3.50. The lowest BCUT2D eigenvalue weighted by atomic mass is 10.1. The van der Waals surface area contributed by atoms with Crippen molar-refractivity contribution in [2.75, 3.05) is 39.0 Å². The molecule has 1 saturated heterocycles. The van der Waals surface area contributed by atoms with Crippen LogP contribution in [0, 0.1) is 12.8 Å². The maximum Gasteiger partial charge on any atom is 0.231 e. The van der Waals surface area contributed by atoms with Crippen LogP contribution in [-0.4, -0.2) is 60.5 Å². The van der Waals surface area contributed by atoms with Gasteiger partial charge < -0.3 is 19.6 Å². The van der Waals surface area contributed by atoms with Crippen molar-refractivity contribution in [1.29, 1.82) is 0 Å². The van der Waals surface area contributed by atoms with Gasteiger partial charge in [0.2, 0.25) is 11.8 Å². The van der Waals surface area contributed by atoms with E-state index < -0.39 is 0 Å². The quantitative estimate of drug-likeness (QED) is 0.836. The van der Waals surface area contributed by atoms with E-state index in [9.17, 15) is 9.59 Å². The lowest BCUT2D eigenvalue weighted by Gasteiger charge is -2.17. The highest BCUT2D eigenvalue weighted by Crippen LogP contribution is 2.20. The molecule has 0 aromatic carbocycles. The fourth-order valence-corrected chi connectivity index (χ4v) is 2.40. The Labute approximate surface area is 124 Å². The van der Waals surface area contributed by atoms with E-state index in [0.29, 0.717) is 24.7 Å². The van der Waals surface area contributed by atoms with Crippen molar-refractivity contribution in [1.82, 2.24) is 15.0 Å². The Hall–Kier alpha value is -1.89. The summed E-state index contributed by atoms with van der Waals surface area (Å²) >= 11 is 0. The van der Waals surface area contributed by atoms with E-state index in [-0.39, 0.29) is 24.2 Å². The molecule has 1 aromatic rings. The van der Waals surface area contributed by atoms with Crippen LogP contribution in [0.1, 0.15) is 18.6 Å². The van der Waals surface area contributed by atoms with Gasteiger partial charge in [-0.2, -0.15) is 0 Å². The first-order valence-corrected chi connectivity index (χ1v) is 7.12. The molecule has 1 fully saturated rings. The van der Waals surface area contributed by atoms with Gasteiger partial charge in [-0.15, -0.1) is 0 Å². The largest absolute Gasteiger partial charge is 0.360 e. The Morgan fingerprint density at radius 2 is 2.33 bits per heavy atom. The highest BCUT2D eigenvalue weighted by atomic mass is 16.5. The average Bonchev–Trinajstić information content (AvgIpc) is 2.96. The smallest absolute Gasteiger partial charge is 0.231 e. The van der Waals surface area contributed by atoms with Gasteiger partial charge >= 0.3 is 0 Å². The van der Waals surface area contributed by atoms with Gasteiger partial charge in [0.1, 0.15) is 5.76 Å².